The predicted octanol–water partition coefficient (Wildman–Crippen LogP) is 2.55. The lowest BCUT2D eigenvalue weighted by molar-refractivity contribution is 1.08. The molecule has 2 rings (SSSR count). The van der Waals surface area contributed by atoms with Crippen LogP contribution in [0.5, 0.6) is 0 Å². The molecule has 2 aromatic heterocycles. The number of anilines is 2. The Bertz CT molecular complexity index is 518. The average Bonchev–Trinajstić information content (AvgIpc) is 2.27. The SMILES string of the molecule is Nc1ccc(Sc2ncccc2Br)nc1N. The van der Waals surface area contributed by atoms with Crippen molar-refractivity contribution in [2.24, 2.45) is 0 Å². The predicted molar refractivity (Wildman–Crippen MR) is 69.1 cm³/mol. The Kier molecular flexibility index (Phi) is 3.31. The minimum Gasteiger partial charge on any atom is -0.396 e. The standard InChI is InChI=1S/C10H9BrN4S/c11-6-2-1-5-14-10(6)16-8-4-3-7(12)9(13)15-8/h1-5H,12H2,(H2,13,15). The van der Waals surface area contributed by atoms with Gasteiger partial charge < -0.3 is 11.5 Å². The van der Waals surface area contributed by atoms with Gasteiger partial charge in [0.15, 0.2) is 0 Å². The van der Waals surface area contributed by atoms with E-state index in [0.29, 0.717) is 11.5 Å². The Morgan fingerprint density at radius 1 is 1.19 bits per heavy atom. The number of nitrogens with two attached hydrogens (primary N) is 2. The van der Waals surface area contributed by atoms with Crippen molar-refractivity contribution in [1.29, 1.82) is 0 Å². The zero-order valence-corrected chi connectivity index (χ0v) is 10.6. The summed E-state index contributed by atoms with van der Waals surface area (Å²) >= 11 is 4.85. The average molecular weight is 297 g/mol. The number of pyridine rings is 2. The second kappa shape index (κ2) is 4.71. The molecule has 0 fully saturated rings. The van der Waals surface area contributed by atoms with Crippen molar-refractivity contribution >= 4 is 39.2 Å². The largest absolute Gasteiger partial charge is 0.396 e. The van der Waals surface area contributed by atoms with Crippen molar-refractivity contribution < 1.29 is 0 Å². The van der Waals surface area contributed by atoms with E-state index in [1.807, 2.05) is 18.2 Å². The lowest BCUT2D eigenvalue weighted by Crippen LogP contribution is -1.98. The van der Waals surface area contributed by atoms with Crippen molar-refractivity contribution in [2.45, 2.75) is 10.1 Å². The number of nitrogen functional groups attached to an aromatic ring is 2. The van der Waals surface area contributed by atoms with Gasteiger partial charge in [0.1, 0.15) is 15.9 Å². The molecule has 0 atom stereocenters. The van der Waals surface area contributed by atoms with Gasteiger partial charge in [-0.2, -0.15) is 0 Å². The van der Waals surface area contributed by atoms with Gasteiger partial charge in [0.2, 0.25) is 0 Å². The van der Waals surface area contributed by atoms with Crippen molar-refractivity contribution in [1.82, 2.24) is 9.97 Å². The number of hydrogen-bond acceptors (Lipinski definition) is 5. The molecule has 4 N–H and O–H groups in total. The van der Waals surface area contributed by atoms with Crippen LogP contribution in [-0.2, 0) is 0 Å². The summed E-state index contributed by atoms with van der Waals surface area (Å²) < 4.78 is 0.928. The number of rotatable bonds is 2. The van der Waals surface area contributed by atoms with Crippen LogP contribution in [-0.4, -0.2) is 9.97 Å². The molecule has 0 spiro atoms. The number of halogens is 1. The van der Waals surface area contributed by atoms with E-state index in [9.17, 15) is 0 Å². The van der Waals surface area contributed by atoms with Crippen molar-refractivity contribution in [3.05, 3.63) is 34.9 Å². The topological polar surface area (TPSA) is 77.8 Å². The maximum Gasteiger partial charge on any atom is 0.147 e. The highest BCUT2D eigenvalue weighted by molar-refractivity contribution is 9.10. The molecule has 2 aromatic rings. The molecule has 0 aliphatic carbocycles. The summed E-state index contributed by atoms with van der Waals surface area (Å²) in [5.41, 5.74) is 11.7. The van der Waals surface area contributed by atoms with Crippen LogP contribution in [0.25, 0.3) is 0 Å². The van der Waals surface area contributed by atoms with Crippen molar-refractivity contribution in [3.8, 4) is 0 Å². The summed E-state index contributed by atoms with van der Waals surface area (Å²) in [4.78, 5) is 8.39. The van der Waals surface area contributed by atoms with Gasteiger partial charge in [-0.1, -0.05) is 0 Å². The molecule has 16 heavy (non-hydrogen) atoms. The van der Waals surface area contributed by atoms with E-state index in [1.165, 1.54) is 11.8 Å². The molecule has 0 saturated heterocycles. The van der Waals surface area contributed by atoms with Crippen LogP contribution in [0.4, 0.5) is 11.5 Å². The Hall–Kier alpha value is -1.27. The fourth-order valence-corrected chi connectivity index (χ4v) is 2.32. The van der Waals surface area contributed by atoms with Crippen molar-refractivity contribution in [3.63, 3.8) is 0 Å². The lowest BCUT2D eigenvalue weighted by atomic mass is 10.4. The van der Waals surface area contributed by atoms with Crippen LogP contribution in [0.15, 0.2) is 45.0 Å². The summed E-state index contributed by atoms with van der Waals surface area (Å²) in [5, 5.41) is 1.62. The third-order valence-corrected chi connectivity index (χ3v) is 3.72. The fraction of sp³-hybridized carbons (Fsp3) is 0. The summed E-state index contributed by atoms with van der Waals surface area (Å²) in [5.74, 6) is 0.344. The van der Waals surface area contributed by atoms with Gasteiger partial charge in [-0.25, -0.2) is 9.97 Å². The molecule has 0 aliphatic rings. The molecule has 0 amide bonds. The Morgan fingerprint density at radius 2 is 2.00 bits per heavy atom. The van der Waals surface area contributed by atoms with Crippen LogP contribution in [0, 0.1) is 0 Å². The van der Waals surface area contributed by atoms with E-state index in [2.05, 4.69) is 25.9 Å². The highest BCUT2D eigenvalue weighted by Gasteiger charge is 2.05. The first-order chi connectivity index (χ1) is 7.66. The summed E-state index contributed by atoms with van der Waals surface area (Å²) in [6, 6.07) is 7.34. The third kappa shape index (κ3) is 2.45. The van der Waals surface area contributed by atoms with Crippen LogP contribution >= 0.6 is 27.7 Å². The molecule has 82 valence electrons. The van der Waals surface area contributed by atoms with Crippen molar-refractivity contribution in [2.75, 3.05) is 11.5 Å². The van der Waals surface area contributed by atoms with Crippen LogP contribution in [0.3, 0.4) is 0 Å². The minimum atomic E-state index is 0.344. The van der Waals surface area contributed by atoms with Gasteiger partial charge in [-0.3, -0.25) is 0 Å². The molecule has 2 heterocycles. The first kappa shape index (κ1) is 11.2. The van der Waals surface area contributed by atoms with Gasteiger partial charge >= 0.3 is 0 Å². The first-order valence-electron chi connectivity index (χ1n) is 4.47. The summed E-state index contributed by atoms with van der Waals surface area (Å²) in [6.45, 7) is 0. The van der Waals surface area contributed by atoms with Gasteiger partial charge in [0.25, 0.3) is 0 Å². The van der Waals surface area contributed by atoms with E-state index < -0.39 is 0 Å². The highest BCUT2D eigenvalue weighted by Crippen LogP contribution is 2.31. The minimum absolute atomic E-state index is 0.344. The zero-order valence-electron chi connectivity index (χ0n) is 8.22. The Labute approximate surface area is 106 Å². The number of hydrogen-bond donors (Lipinski definition) is 2. The fourth-order valence-electron chi connectivity index (χ4n) is 1.07. The second-order valence-electron chi connectivity index (χ2n) is 3.02. The molecule has 0 aromatic carbocycles. The molecule has 0 aliphatic heterocycles. The van der Waals surface area contributed by atoms with E-state index in [1.54, 1.807) is 12.3 Å². The van der Waals surface area contributed by atoms with Gasteiger partial charge in [-0.05, 0) is 52.0 Å². The molecule has 0 saturated carbocycles. The zero-order chi connectivity index (χ0) is 11.5. The molecular formula is C10H9BrN4S. The monoisotopic (exact) mass is 296 g/mol. The van der Waals surface area contributed by atoms with E-state index in [-0.39, 0.29) is 0 Å². The number of aromatic nitrogens is 2. The Morgan fingerprint density at radius 3 is 2.69 bits per heavy atom. The Balaban J connectivity index is 2.28. The number of nitrogens with zero attached hydrogens (tertiary/aromatic N) is 2. The lowest BCUT2D eigenvalue weighted by Gasteiger charge is -2.04. The third-order valence-electron chi connectivity index (χ3n) is 1.86. The first-order valence-corrected chi connectivity index (χ1v) is 6.08. The molecule has 6 heteroatoms. The molecule has 0 radical (unpaired) electrons. The quantitative estimate of drug-likeness (QED) is 0.890. The van der Waals surface area contributed by atoms with E-state index in [0.717, 1.165) is 14.5 Å². The maximum absolute atomic E-state index is 5.63. The smallest absolute Gasteiger partial charge is 0.147 e. The second-order valence-corrected chi connectivity index (χ2v) is 4.88. The molecule has 4 nitrogen and oxygen atoms in total. The van der Waals surface area contributed by atoms with Gasteiger partial charge in [0.05, 0.1) is 10.2 Å². The summed E-state index contributed by atoms with van der Waals surface area (Å²) in [6.07, 6.45) is 1.73. The van der Waals surface area contributed by atoms with Gasteiger partial charge in [0, 0.05) is 6.20 Å². The molecular weight excluding hydrogens is 288 g/mol. The van der Waals surface area contributed by atoms with Crippen LogP contribution < -0.4 is 11.5 Å². The molecule has 0 bridgehead atoms. The van der Waals surface area contributed by atoms with E-state index in [4.69, 9.17) is 11.5 Å². The van der Waals surface area contributed by atoms with Crippen LogP contribution in [0.1, 0.15) is 0 Å². The van der Waals surface area contributed by atoms with Gasteiger partial charge in [-0.15, -0.1) is 0 Å². The highest BCUT2D eigenvalue weighted by atomic mass is 79.9. The normalized spacial score (nSPS) is 10.3. The van der Waals surface area contributed by atoms with E-state index >= 15 is 0 Å². The summed E-state index contributed by atoms with van der Waals surface area (Å²) in [7, 11) is 0. The van der Waals surface area contributed by atoms with Crippen LogP contribution in [0.2, 0.25) is 0 Å². The maximum atomic E-state index is 5.63. The molecule has 0 unspecified atom stereocenters.